The third-order valence-electron chi connectivity index (χ3n) is 4.35. The van der Waals surface area contributed by atoms with Gasteiger partial charge >= 0.3 is 0 Å². The molecule has 0 atom stereocenters. The van der Waals surface area contributed by atoms with Crippen molar-refractivity contribution in [2.24, 2.45) is 0 Å². The predicted octanol–water partition coefficient (Wildman–Crippen LogP) is 3.52. The lowest BCUT2D eigenvalue weighted by atomic mass is 10.1. The maximum absolute atomic E-state index is 12.9. The zero-order valence-corrected chi connectivity index (χ0v) is 14.8. The highest BCUT2D eigenvalue weighted by atomic mass is 16.5. The first-order chi connectivity index (χ1) is 12.2. The third-order valence-corrected chi connectivity index (χ3v) is 4.35. The molecule has 132 valence electrons. The number of methoxy groups -OCH3 is 3. The van der Waals surface area contributed by atoms with Crippen molar-refractivity contribution in [2.45, 2.75) is 25.4 Å². The Morgan fingerprint density at radius 1 is 1.00 bits per heavy atom. The minimum absolute atomic E-state index is 0.0526. The molecule has 0 radical (unpaired) electrons. The van der Waals surface area contributed by atoms with E-state index >= 15 is 0 Å². The maximum Gasteiger partial charge on any atom is 0.254 e. The molecule has 0 N–H and O–H groups in total. The Balaban J connectivity index is 1.89. The molecule has 25 heavy (non-hydrogen) atoms. The van der Waals surface area contributed by atoms with Crippen LogP contribution in [0.2, 0.25) is 0 Å². The summed E-state index contributed by atoms with van der Waals surface area (Å²) in [6, 6.07) is 13.5. The lowest BCUT2D eigenvalue weighted by Crippen LogP contribution is -2.32. The molecular formula is C20H23NO4. The number of hydrogen-bond donors (Lipinski definition) is 0. The molecule has 2 aromatic rings. The van der Waals surface area contributed by atoms with Crippen molar-refractivity contribution in [3.05, 3.63) is 53.6 Å². The minimum Gasteiger partial charge on any atom is -0.493 e. The number of carbonyl (C=O) groups excluding carboxylic acids is 1. The van der Waals surface area contributed by atoms with Crippen molar-refractivity contribution >= 4 is 5.91 Å². The van der Waals surface area contributed by atoms with Gasteiger partial charge in [-0.2, -0.15) is 0 Å². The van der Waals surface area contributed by atoms with Gasteiger partial charge in [0.05, 0.1) is 21.3 Å². The molecule has 1 aliphatic carbocycles. The lowest BCUT2D eigenvalue weighted by Gasteiger charge is -2.24. The van der Waals surface area contributed by atoms with E-state index in [2.05, 4.69) is 0 Å². The fourth-order valence-corrected chi connectivity index (χ4v) is 2.92. The SMILES string of the molecule is COc1cc(CN(C(=O)c2ccccc2)C2CC2)cc(OC)c1OC. The van der Waals surface area contributed by atoms with Crippen LogP contribution in [-0.4, -0.2) is 38.2 Å². The average molecular weight is 341 g/mol. The molecule has 3 rings (SSSR count). The molecule has 0 saturated heterocycles. The smallest absolute Gasteiger partial charge is 0.254 e. The first kappa shape index (κ1) is 17.1. The topological polar surface area (TPSA) is 48.0 Å². The summed E-state index contributed by atoms with van der Waals surface area (Å²) in [5.41, 5.74) is 1.66. The van der Waals surface area contributed by atoms with Crippen LogP contribution >= 0.6 is 0 Å². The van der Waals surface area contributed by atoms with Crippen LogP contribution in [0.1, 0.15) is 28.8 Å². The van der Waals surface area contributed by atoms with Crippen molar-refractivity contribution in [1.82, 2.24) is 4.90 Å². The molecule has 1 aliphatic rings. The number of benzene rings is 2. The Bertz CT molecular complexity index is 716. The van der Waals surface area contributed by atoms with E-state index in [1.165, 1.54) is 0 Å². The summed E-state index contributed by atoms with van der Waals surface area (Å²) >= 11 is 0. The molecule has 1 fully saturated rings. The number of nitrogens with zero attached hydrogens (tertiary/aromatic N) is 1. The second-order valence-corrected chi connectivity index (χ2v) is 6.06. The number of carbonyl (C=O) groups is 1. The molecule has 0 spiro atoms. The van der Waals surface area contributed by atoms with E-state index in [1.54, 1.807) is 21.3 Å². The van der Waals surface area contributed by atoms with Crippen molar-refractivity contribution in [3.63, 3.8) is 0 Å². The molecule has 5 heteroatoms. The molecular weight excluding hydrogens is 318 g/mol. The Kier molecular flexibility index (Phi) is 5.12. The summed E-state index contributed by atoms with van der Waals surface area (Å²) in [6.07, 6.45) is 2.09. The van der Waals surface area contributed by atoms with Gasteiger partial charge in [-0.15, -0.1) is 0 Å². The summed E-state index contributed by atoms with van der Waals surface area (Å²) in [6.45, 7) is 0.509. The summed E-state index contributed by atoms with van der Waals surface area (Å²) in [7, 11) is 4.76. The highest BCUT2D eigenvalue weighted by Crippen LogP contribution is 2.39. The normalized spacial score (nSPS) is 13.2. The van der Waals surface area contributed by atoms with E-state index in [9.17, 15) is 4.79 Å². The Morgan fingerprint density at radius 2 is 1.60 bits per heavy atom. The maximum atomic E-state index is 12.9. The Hall–Kier alpha value is -2.69. The second-order valence-electron chi connectivity index (χ2n) is 6.06. The highest BCUT2D eigenvalue weighted by molar-refractivity contribution is 5.94. The number of hydrogen-bond acceptors (Lipinski definition) is 4. The summed E-state index contributed by atoms with van der Waals surface area (Å²) in [5.74, 6) is 1.80. The number of ether oxygens (including phenoxy) is 3. The van der Waals surface area contributed by atoms with Gasteiger partial charge < -0.3 is 19.1 Å². The van der Waals surface area contributed by atoms with Gasteiger partial charge in [0.1, 0.15) is 0 Å². The molecule has 0 aromatic heterocycles. The van der Waals surface area contributed by atoms with Gasteiger partial charge in [0.2, 0.25) is 5.75 Å². The minimum atomic E-state index is 0.0526. The summed E-state index contributed by atoms with van der Waals surface area (Å²) < 4.78 is 16.2. The molecule has 5 nitrogen and oxygen atoms in total. The first-order valence-corrected chi connectivity index (χ1v) is 8.32. The van der Waals surface area contributed by atoms with Gasteiger partial charge in [-0.25, -0.2) is 0 Å². The molecule has 2 aromatic carbocycles. The van der Waals surface area contributed by atoms with Crippen molar-refractivity contribution in [3.8, 4) is 17.2 Å². The van der Waals surface area contributed by atoms with Crippen LogP contribution in [0.4, 0.5) is 0 Å². The van der Waals surface area contributed by atoms with Crippen molar-refractivity contribution in [2.75, 3.05) is 21.3 Å². The first-order valence-electron chi connectivity index (χ1n) is 8.32. The van der Waals surface area contributed by atoms with Crippen LogP contribution in [-0.2, 0) is 6.54 Å². The summed E-state index contributed by atoms with van der Waals surface area (Å²) in [5, 5.41) is 0. The fraction of sp³-hybridized carbons (Fsp3) is 0.350. The van der Waals surface area contributed by atoms with Crippen molar-refractivity contribution in [1.29, 1.82) is 0 Å². The van der Waals surface area contributed by atoms with Crippen LogP contribution < -0.4 is 14.2 Å². The largest absolute Gasteiger partial charge is 0.493 e. The highest BCUT2D eigenvalue weighted by Gasteiger charge is 2.33. The van der Waals surface area contributed by atoms with Crippen LogP contribution in [0.15, 0.2) is 42.5 Å². The number of amides is 1. The van der Waals surface area contributed by atoms with Gasteiger partial charge in [-0.05, 0) is 42.7 Å². The standard InChI is InChI=1S/C20H23NO4/c1-23-17-11-14(12-18(24-2)19(17)25-3)13-21(16-9-10-16)20(22)15-7-5-4-6-8-15/h4-8,11-12,16H,9-10,13H2,1-3H3. The molecule has 0 unspecified atom stereocenters. The Morgan fingerprint density at radius 3 is 2.08 bits per heavy atom. The average Bonchev–Trinajstić information content (AvgIpc) is 3.50. The monoisotopic (exact) mass is 341 g/mol. The van der Waals surface area contributed by atoms with E-state index in [4.69, 9.17) is 14.2 Å². The molecule has 0 heterocycles. The summed E-state index contributed by atoms with van der Waals surface area (Å²) in [4.78, 5) is 14.8. The van der Waals surface area contributed by atoms with E-state index in [-0.39, 0.29) is 5.91 Å². The predicted molar refractivity (Wildman–Crippen MR) is 95.4 cm³/mol. The van der Waals surface area contributed by atoms with Gasteiger partial charge in [0.25, 0.3) is 5.91 Å². The second kappa shape index (κ2) is 7.47. The van der Waals surface area contributed by atoms with Gasteiger partial charge in [-0.1, -0.05) is 18.2 Å². The van der Waals surface area contributed by atoms with Crippen LogP contribution in [0, 0.1) is 0 Å². The van der Waals surface area contributed by atoms with Gasteiger partial charge in [0.15, 0.2) is 11.5 Å². The van der Waals surface area contributed by atoms with Gasteiger partial charge in [0, 0.05) is 18.2 Å². The van der Waals surface area contributed by atoms with E-state index in [0.717, 1.165) is 18.4 Å². The van der Waals surface area contributed by atoms with Crippen LogP contribution in [0.3, 0.4) is 0 Å². The molecule has 0 aliphatic heterocycles. The van der Waals surface area contributed by atoms with E-state index < -0.39 is 0 Å². The zero-order valence-electron chi connectivity index (χ0n) is 14.8. The van der Waals surface area contributed by atoms with Gasteiger partial charge in [-0.3, -0.25) is 4.79 Å². The third kappa shape index (κ3) is 3.71. The van der Waals surface area contributed by atoms with Crippen LogP contribution in [0.5, 0.6) is 17.2 Å². The lowest BCUT2D eigenvalue weighted by molar-refractivity contribution is 0.0729. The van der Waals surface area contributed by atoms with Crippen molar-refractivity contribution < 1.29 is 19.0 Å². The zero-order chi connectivity index (χ0) is 17.8. The Labute approximate surface area is 148 Å². The van der Waals surface area contributed by atoms with E-state index in [0.29, 0.717) is 35.4 Å². The molecule has 0 bridgehead atoms. The van der Waals surface area contributed by atoms with Crippen LogP contribution in [0.25, 0.3) is 0 Å². The quantitative estimate of drug-likeness (QED) is 0.773. The molecule has 1 amide bonds. The molecule has 1 saturated carbocycles. The fourth-order valence-electron chi connectivity index (χ4n) is 2.92. The van der Waals surface area contributed by atoms with E-state index in [1.807, 2.05) is 47.4 Å². The number of rotatable bonds is 7.